The van der Waals surface area contributed by atoms with Gasteiger partial charge in [0.2, 0.25) is 0 Å². The molecule has 3 atom stereocenters. The Bertz CT molecular complexity index is 459. The van der Waals surface area contributed by atoms with Crippen molar-refractivity contribution in [3.63, 3.8) is 0 Å². The van der Waals surface area contributed by atoms with Crippen molar-refractivity contribution in [3.05, 3.63) is 0 Å². The summed E-state index contributed by atoms with van der Waals surface area (Å²) in [7, 11) is 0. The number of ketones is 1. The molecular formula is C16H21NO3. The predicted octanol–water partition coefficient (Wildman–Crippen LogP) is 2.76. The van der Waals surface area contributed by atoms with Crippen LogP contribution in [0.1, 0.15) is 57.8 Å². The molecule has 3 saturated carbocycles. The van der Waals surface area contributed by atoms with Gasteiger partial charge in [-0.2, -0.15) is 5.26 Å². The number of Topliss-reactive ketones (excluding diaryl/α,β-unsaturated/α-hetero) is 1. The minimum atomic E-state index is -1.13. The van der Waals surface area contributed by atoms with Crippen LogP contribution in [0.25, 0.3) is 0 Å². The van der Waals surface area contributed by atoms with Crippen molar-refractivity contribution in [1.29, 1.82) is 5.26 Å². The van der Waals surface area contributed by atoms with Gasteiger partial charge in [0.1, 0.15) is 11.9 Å². The smallest absolute Gasteiger partial charge is 0.327 e. The van der Waals surface area contributed by atoms with Crippen LogP contribution in [0.4, 0.5) is 0 Å². The van der Waals surface area contributed by atoms with E-state index in [0.29, 0.717) is 12.8 Å². The minimum absolute atomic E-state index is 0.0514. The Morgan fingerprint density at radius 1 is 1.15 bits per heavy atom. The van der Waals surface area contributed by atoms with E-state index in [9.17, 15) is 14.9 Å². The molecule has 0 aromatic rings. The van der Waals surface area contributed by atoms with E-state index in [1.165, 1.54) is 19.3 Å². The zero-order chi connectivity index (χ0) is 14.2. The number of fused-ring (bicyclic) bond motifs is 1. The third-order valence-electron chi connectivity index (χ3n) is 5.27. The summed E-state index contributed by atoms with van der Waals surface area (Å²) in [5.74, 6) is -0.783. The second-order valence-corrected chi connectivity index (χ2v) is 6.44. The first-order chi connectivity index (χ1) is 9.70. The number of ether oxygens (including phenoxy) is 1. The number of nitrogens with zero attached hydrogens (tertiary/aromatic N) is 1. The van der Waals surface area contributed by atoms with E-state index >= 15 is 0 Å². The molecule has 0 aromatic carbocycles. The van der Waals surface area contributed by atoms with Crippen molar-refractivity contribution < 1.29 is 14.3 Å². The number of carbonyl (C=O) groups excluding carboxylic acids is 2. The predicted molar refractivity (Wildman–Crippen MR) is 71.5 cm³/mol. The van der Waals surface area contributed by atoms with Crippen LogP contribution >= 0.6 is 0 Å². The standard InChI is InChI=1S/C16H21NO3/c17-10-16(12-8-9-13(18)14(12)16)15(19)20-11-6-4-2-1-3-5-7-11/h11-12,14H,1-9H2/t12-,14-,16+/m0/s1. The van der Waals surface area contributed by atoms with Crippen molar-refractivity contribution in [1.82, 2.24) is 0 Å². The molecule has 0 heterocycles. The Hall–Kier alpha value is -1.37. The molecule has 0 spiro atoms. The van der Waals surface area contributed by atoms with Crippen LogP contribution in [0.15, 0.2) is 0 Å². The number of hydrogen-bond acceptors (Lipinski definition) is 4. The highest BCUT2D eigenvalue weighted by atomic mass is 16.5. The Balaban J connectivity index is 1.64. The molecule has 3 aliphatic carbocycles. The van der Waals surface area contributed by atoms with Gasteiger partial charge in [0.25, 0.3) is 0 Å². The molecule has 3 rings (SSSR count). The first-order valence-corrected chi connectivity index (χ1v) is 7.85. The largest absolute Gasteiger partial charge is 0.461 e. The maximum absolute atomic E-state index is 12.4. The summed E-state index contributed by atoms with van der Waals surface area (Å²) >= 11 is 0. The van der Waals surface area contributed by atoms with Gasteiger partial charge in [-0.1, -0.05) is 19.3 Å². The van der Waals surface area contributed by atoms with Gasteiger partial charge in [-0.3, -0.25) is 9.59 Å². The van der Waals surface area contributed by atoms with Crippen molar-refractivity contribution in [3.8, 4) is 6.07 Å². The average molecular weight is 275 g/mol. The molecule has 0 N–H and O–H groups in total. The molecule has 0 radical (unpaired) electrons. The average Bonchev–Trinajstić information content (AvgIpc) is 2.93. The van der Waals surface area contributed by atoms with E-state index in [2.05, 4.69) is 6.07 Å². The molecule has 3 fully saturated rings. The first-order valence-electron chi connectivity index (χ1n) is 7.85. The van der Waals surface area contributed by atoms with Crippen LogP contribution in [0.3, 0.4) is 0 Å². The third kappa shape index (κ3) is 2.04. The van der Waals surface area contributed by atoms with Crippen LogP contribution in [-0.2, 0) is 14.3 Å². The Morgan fingerprint density at radius 2 is 1.80 bits per heavy atom. The van der Waals surface area contributed by atoms with E-state index in [0.717, 1.165) is 25.7 Å². The number of nitriles is 1. The molecule has 0 aliphatic heterocycles. The number of rotatable bonds is 2. The molecule has 108 valence electrons. The summed E-state index contributed by atoms with van der Waals surface area (Å²) in [6.45, 7) is 0. The van der Waals surface area contributed by atoms with Crippen LogP contribution in [0, 0.1) is 28.6 Å². The number of esters is 1. The van der Waals surface area contributed by atoms with Gasteiger partial charge in [0.05, 0.1) is 12.0 Å². The van der Waals surface area contributed by atoms with Crippen LogP contribution in [-0.4, -0.2) is 17.9 Å². The molecule has 20 heavy (non-hydrogen) atoms. The van der Waals surface area contributed by atoms with E-state index < -0.39 is 11.4 Å². The molecular weight excluding hydrogens is 254 g/mol. The van der Waals surface area contributed by atoms with Gasteiger partial charge >= 0.3 is 5.97 Å². The van der Waals surface area contributed by atoms with E-state index in [4.69, 9.17) is 4.74 Å². The SMILES string of the molecule is N#C[C@]1(C(=O)OC2CCCCCCC2)[C@@H]2C(=O)CC[C@@H]21. The zero-order valence-electron chi connectivity index (χ0n) is 11.8. The summed E-state index contributed by atoms with van der Waals surface area (Å²) in [5.41, 5.74) is -1.13. The van der Waals surface area contributed by atoms with Crippen LogP contribution < -0.4 is 0 Å². The lowest BCUT2D eigenvalue weighted by Gasteiger charge is -2.22. The van der Waals surface area contributed by atoms with Crippen molar-refractivity contribution >= 4 is 11.8 Å². The number of hydrogen-bond donors (Lipinski definition) is 0. The Kier molecular flexibility index (Phi) is 3.54. The third-order valence-corrected chi connectivity index (χ3v) is 5.27. The fourth-order valence-electron chi connectivity index (χ4n) is 4.05. The highest BCUT2D eigenvalue weighted by molar-refractivity contribution is 5.99. The van der Waals surface area contributed by atoms with Gasteiger partial charge < -0.3 is 4.74 Å². The molecule has 4 nitrogen and oxygen atoms in total. The van der Waals surface area contributed by atoms with Crippen LogP contribution in [0.2, 0.25) is 0 Å². The summed E-state index contributed by atoms with van der Waals surface area (Å²) in [6.07, 6.45) is 8.78. The molecule has 0 aromatic heterocycles. The summed E-state index contributed by atoms with van der Waals surface area (Å²) in [6, 6.07) is 2.11. The van der Waals surface area contributed by atoms with Gasteiger partial charge in [-0.05, 0) is 32.1 Å². The lowest BCUT2D eigenvalue weighted by molar-refractivity contribution is -0.156. The van der Waals surface area contributed by atoms with Gasteiger partial charge in [-0.15, -0.1) is 0 Å². The van der Waals surface area contributed by atoms with E-state index in [-0.39, 0.29) is 23.7 Å². The fourth-order valence-corrected chi connectivity index (χ4v) is 4.05. The summed E-state index contributed by atoms with van der Waals surface area (Å²) < 4.78 is 5.62. The topological polar surface area (TPSA) is 67.2 Å². The lowest BCUT2D eigenvalue weighted by atomic mass is 9.95. The van der Waals surface area contributed by atoms with Crippen molar-refractivity contribution in [2.45, 2.75) is 63.9 Å². The molecule has 0 amide bonds. The monoisotopic (exact) mass is 275 g/mol. The zero-order valence-corrected chi connectivity index (χ0v) is 11.8. The molecule has 4 heteroatoms. The van der Waals surface area contributed by atoms with Gasteiger partial charge in [0, 0.05) is 12.3 Å². The fraction of sp³-hybridized carbons (Fsp3) is 0.812. The second-order valence-electron chi connectivity index (χ2n) is 6.44. The Labute approximate surface area is 119 Å². The highest BCUT2D eigenvalue weighted by Crippen LogP contribution is 2.66. The van der Waals surface area contributed by atoms with Crippen molar-refractivity contribution in [2.24, 2.45) is 17.3 Å². The van der Waals surface area contributed by atoms with Gasteiger partial charge in [0.15, 0.2) is 5.41 Å². The minimum Gasteiger partial charge on any atom is -0.461 e. The first kappa shape index (κ1) is 13.6. The molecule has 3 aliphatic rings. The van der Waals surface area contributed by atoms with Crippen LogP contribution in [0.5, 0.6) is 0 Å². The second kappa shape index (κ2) is 5.20. The maximum Gasteiger partial charge on any atom is 0.327 e. The molecule has 0 unspecified atom stereocenters. The molecule has 0 saturated heterocycles. The van der Waals surface area contributed by atoms with E-state index in [1.54, 1.807) is 0 Å². The highest BCUT2D eigenvalue weighted by Gasteiger charge is 2.76. The van der Waals surface area contributed by atoms with Crippen molar-refractivity contribution in [2.75, 3.05) is 0 Å². The van der Waals surface area contributed by atoms with E-state index in [1.807, 2.05) is 0 Å². The normalized spacial score (nSPS) is 37.5. The number of carbonyl (C=O) groups is 2. The molecule has 0 bridgehead atoms. The summed E-state index contributed by atoms with van der Waals surface area (Å²) in [5, 5.41) is 9.38. The Morgan fingerprint density at radius 3 is 2.35 bits per heavy atom. The summed E-state index contributed by atoms with van der Waals surface area (Å²) in [4.78, 5) is 24.1. The lowest BCUT2D eigenvalue weighted by Crippen LogP contribution is -2.29. The quantitative estimate of drug-likeness (QED) is 0.727. The van der Waals surface area contributed by atoms with Gasteiger partial charge in [-0.25, -0.2) is 0 Å². The maximum atomic E-state index is 12.4.